The maximum atomic E-state index is 12.2. The lowest BCUT2D eigenvalue weighted by Crippen LogP contribution is -2.57. The van der Waals surface area contributed by atoms with E-state index in [9.17, 15) is 8.42 Å². The summed E-state index contributed by atoms with van der Waals surface area (Å²) in [4.78, 5) is 6.30. The molecule has 6 nitrogen and oxygen atoms in total. The number of hydrogen-bond acceptors (Lipinski definition) is 4. The molecule has 1 saturated heterocycles. The van der Waals surface area contributed by atoms with Crippen molar-refractivity contribution in [2.45, 2.75) is 18.6 Å². The Balaban J connectivity index is 1.56. The molecule has 0 bridgehead atoms. The first-order valence-electron chi connectivity index (χ1n) is 9.12. The van der Waals surface area contributed by atoms with Gasteiger partial charge in [0.1, 0.15) is 12.4 Å². The molecule has 2 aromatic carbocycles. The number of nitrogens with one attached hydrogen (secondary N) is 1. The largest absolute Gasteiger partial charge is 0.491 e. The zero-order valence-corrected chi connectivity index (χ0v) is 16.9. The molecule has 3 rings (SSSR count). The molecule has 1 aliphatic rings. The minimum atomic E-state index is -3.07. The summed E-state index contributed by atoms with van der Waals surface area (Å²) in [5.41, 5.74) is 0. The average molecular weight is 390 g/mol. The van der Waals surface area contributed by atoms with Crippen LogP contribution in [0.1, 0.15) is 13.8 Å². The number of benzene rings is 2. The summed E-state index contributed by atoms with van der Waals surface area (Å²) in [6.07, 6.45) is 0. The van der Waals surface area contributed by atoms with Crippen molar-refractivity contribution >= 4 is 26.6 Å². The van der Waals surface area contributed by atoms with E-state index in [2.05, 4.69) is 22.4 Å². The molecule has 1 aliphatic heterocycles. The Morgan fingerprint density at radius 2 is 1.96 bits per heavy atom. The molecular weight excluding hydrogens is 362 g/mol. The fourth-order valence-corrected chi connectivity index (χ4v) is 4.67. The number of hydrogen-bond donors (Lipinski definition) is 1. The summed E-state index contributed by atoms with van der Waals surface area (Å²) in [7, 11) is -1.35. The monoisotopic (exact) mass is 389 g/mol. The molecule has 1 fully saturated rings. The second kappa shape index (κ2) is 7.76. The quantitative estimate of drug-likeness (QED) is 0.494. The summed E-state index contributed by atoms with van der Waals surface area (Å²) >= 11 is 0. The maximum absolute atomic E-state index is 12.2. The van der Waals surface area contributed by atoms with Gasteiger partial charge in [-0.25, -0.2) is 8.42 Å². The first-order valence-corrected chi connectivity index (χ1v) is 10.8. The highest BCUT2D eigenvalue weighted by atomic mass is 32.2. The van der Waals surface area contributed by atoms with Gasteiger partial charge in [0, 0.05) is 25.5 Å². The molecule has 0 aliphatic carbocycles. The Morgan fingerprint density at radius 3 is 2.70 bits per heavy atom. The van der Waals surface area contributed by atoms with E-state index in [0.717, 1.165) is 16.5 Å². The Kier molecular flexibility index (Phi) is 5.60. The third kappa shape index (κ3) is 4.18. The molecule has 0 atom stereocenters. The number of nitrogens with zero attached hydrogens (tertiary/aromatic N) is 2. The van der Waals surface area contributed by atoms with Crippen molar-refractivity contribution in [1.82, 2.24) is 10.2 Å². The van der Waals surface area contributed by atoms with Crippen LogP contribution in [-0.2, 0) is 9.84 Å². The molecule has 1 heterocycles. The van der Waals surface area contributed by atoms with Crippen LogP contribution in [0.25, 0.3) is 10.8 Å². The molecular formula is C20H27N3O3S. The molecule has 7 heteroatoms. The van der Waals surface area contributed by atoms with Gasteiger partial charge in [-0.1, -0.05) is 36.4 Å². The number of rotatable bonds is 4. The molecule has 1 N–H and O–H groups in total. The van der Waals surface area contributed by atoms with E-state index in [-0.39, 0.29) is 5.75 Å². The standard InChI is InChI=1S/C20H27N3O3S/c1-20(2)15-23(12-14-27(20,24)25)19(21-3)22-11-13-26-18-10-6-8-16-7-4-5-9-17(16)18/h4-10H,11-15H2,1-3H3,(H,21,22). The van der Waals surface area contributed by atoms with Crippen molar-refractivity contribution < 1.29 is 13.2 Å². The second-order valence-corrected chi connectivity index (χ2v) is 10.0. The van der Waals surface area contributed by atoms with Crippen LogP contribution in [0.15, 0.2) is 47.5 Å². The number of aliphatic imine (C=N–C) groups is 1. The van der Waals surface area contributed by atoms with E-state index in [4.69, 9.17) is 4.74 Å². The van der Waals surface area contributed by atoms with E-state index in [1.165, 1.54) is 0 Å². The highest BCUT2D eigenvalue weighted by Gasteiger charge is 2.40. The van der Waals surface area contributed by atoms with Crippen molar-refractivity contribution in [3.05, 3.63) is 42.5 Å². The Labute approximate surface area is 161 Å². The van der Waals surface area contributed by atoms with Crippen molar-refractivity contribution in [3.8, 4) is 5.75 Å². The van der Waals surface area contributed by atoms with Crippen molar-refractivity contribution in [2.75, 3.05) is 39.0 Å². The van der Waals surface area contributed by atoms with Crippen LogP contribution < -0.4 is 10.1 Å². The summed E-state index contributed by atoms with van der Waals surface area (Å²) in [6, 6.07) is 14.1. The lowest BCUT2D eigenvalue weighted by Gasteiger charge is -2.39. The first kappa shape index (κ1) is 19.5. The van der Waals surface area contributed by atoms with Gasteiger partial charge in [-0.05, 0) is 25.3 Å². The van der Waals surface area contributed by atoms with Gasteiger partial charge in [-0.15, -0.1) is 0 Å². The molecule has 0 radical (unpaired) electrons. The summed E-state index contributed by atoms with van der Waals surface area (Å²) in [6.45, 7) is 5.49. The minimum absolute atomic E-state index is 0.146. The van der Waals surface area contributed by atoms with Gasteiger partial charge in [-0.3, -0.25) is 4.99 Å². The molecule has 0 amide bonds. The van der Waals surface area contributed by atoms with Gasteiger partial charge in [0.2, 0.25) is 0 Å². The molecule has 0 spiro atoms. The van der Waals surface area contributed by atoms with Gasteiger partial charge >= 0.3 is 0 Å². The normalized spacial score (nSPS) is 19.1. The number of sulfone groups is 1. The van der Waals surface area contributed by atoms with Crippen LogP contribution in [0.5, 0.6) is 5.75 Å². The molecule has 27 heavy (non-hydrogen) atoms. The maximum Gasteiger partial charge on any atom is 0.193 e. The Morgan fingerprint density at radius 1 is 1.22 bits per heavy atom. The first-order chi connectivity index (χ1) is 12.8. The number of ether oxygens (including phenoxy) is 1. The summed E-state index contributed by atoms with van der Waals surface area (Å²) in [5, 5.41) is 5.52. The number of guanidine groups is 1. The lowest BCUT2D eigenvalue weighted by molar-refractivity contribution is 0.316. The molecule has 0 saturated carbocycles. The topological polar surface area (TPSA) is 71.0 Å². The third-order valence-electron chi connectivity index (χ3n) is 4.95. The predicted molar refractivity (Wildman–Crippen MR) is 110 cm³/mol. The zero-order chi connectivity index (χ0) is 19.5. The zero-order valence-electron chi connectivity index (χ0n) is 16.1. The predicted octanol–water partition coefficient (Wildman–Crippen LogP) is 2.30. The lowest BCUT2D eigenvalue weighted by atomic mass is 10.1. The van der Waals surface area contributed by atoms with Crippen LogP contribution in [0.2, 0.25) is 0 Å². The van der Waals surface area contributed by atoms with E-state index >= 15 is 0 Å². The fourth-order valence-electron chi connectivity index (χ4n) is 3.30. The van der Waals surface area contributed by atoms with Crippen LogP contribution in [0, 0.1) is 0 Å². The molecule has 0 unspecified atom stereocenters. The van der Waals surface area contributed by atoms with Crippen LogP contribution >= 0.6 is 0 Å². The second-order valence-electron chi connectivity index (χ2n) is 7.30. The minimum Gasteiger partial charge on any atom is -0.491 e. The summed E-state index contributed by atoms with van der Waals surface area (Å²) in [5.74, 6) is 1.71. The van der Waals surface area contributed by atoms with Gasteiger partial charge < -0.3 is 15.0 Å². The van der Waals surface area contributed by atoms with Crippen molar-refractivity contribution in [2.24, 2.45) is 4.99 Å². The Bertz CT molecular complexity index is 933. The molecule has 2 aromatic rings. The van der Waals surface area contributed by atoms with Crippen molar-refractivity contribution in [3.63, 3.8) is 0 Å². The van der Waals surface area contributed by atoms with Crippen LogP contribution in [-0.4, -0.2) is 63.1 Å². The number of fused-ring (bicyclic) bond motifs is 1. The smallest absolute Gasteiger partial charge is 0.193 e. The van der Waals surface area contributed by atoms with Gasteiger partial charge in [0.05, 0.1) is 17.0 Å². The van der Waals surface area contributed by atoms with Crippen molar-refractivity contribution in [1.29, 1.82) is 0 Å². The van der Waals surface area contributed by atoms with E-state index < -0.39 is 14.6 Å². The molecule has 0 aromatic heterocycles. The van der Waals surface area contributed by atoms with E-state index in [1.54, 1.807) is 20.9 Å². The van der Waals surface area contributed by atoms with E-state index in [1.807, 2.05) is 35.2 Å². The van der Waals surface area contributed by atoms with Gasteiger partial charge in [0.25, 0.3) is 0 Å². The van der Waals surface area contributed by atoms with Crippen LogP contribution in [0.4, 0.5) is 0 Å². The third-order valence-corrected chi connectivity index (χ3v) is 7.48. The highest BCUT2D eigenvalue weighted by molar-refractivity contribution is 7.92. The highest BCUT2D eigenvalue weighted by Crippen LogP contribution is 2.25. The summed E-state index contributed by atoms with van der Waals surface area (Å²) < 4.78 is 29.5. The van der Waals surface area contributed by atoms with E-state index in [0.29, 0.717) is 32.2 Å². The molecule has 146 valence electrons. The Hall–Kier alpha value is -2.28. The van der Waals surface area contributed by atoms with Gasteiger partial charge in [0.15, 0.2) is 15.8 Å². The van der Waals surface area contributed by atoms with Crippen LogP contribution in [0.3, 0.4) is 0 Å². The average Bonchev–Trinajstić information content (AvgIpc) is 2.64. The SMILES string of the molecule is CN=C(NCCOc1cccc2ccccc12)N1CCS(=O)(=O)C(C)(C)C1. The van der Waals surface area contributed by atoms with Gasteiger partial charge in [-0.2, -0.15) is 0 Å². The fraction of sp³-hybridized carbons (Fsp3) is 0.450.